The van der Waals surface area contributed by atoms with Crippen molar-refractivity contribution in [1.29, 1.82) is 0 Å². The topological polar surface area (TPSA) is 84.3 Å². The molecule has 2 bridgehead atoms. The minimum absolute atomic E-state index is 0.0888. The van der Waals surface area contributed by atoms with Gasteiger partial charge in [0.05, 0.1) is 5.69 Å². The molecule has 0 saturated heterocycles. The smallest absolute Gasteiger partial charge is 0.243 e. The van der Waals surface area contributed by atoms with Crippen molar-refractivity contribution in [2.45, 2.75) is 38.2 Å². The van der Waals surface area contributed by atoms with Crippen molar-refractivity contribution in [1.82, 2.24) is 15.5 Å². The molecule has 2 N–H and O–H groups in total. The number of hydrogen-bond acceptors (Lipinski definition) is 5. The Labute approximate surface area is 164 Å². The lowest BCUT2D eigenvalue weighted by Gasteiger charge is -2.27. The molecule has 0 unspecified atom stereocenters. The Balaban J connectivity index is 1.43. The lowest BCUT2D eigenvalue weighted by molar-refractivity contribution is -0.115. The van der Waals surface area contributed by atoms with E-state index in [1.54, 1.807) is 25.3 Å². The number of hydrogen-bond donors (Lipinski definition) is 2. The second kappa shape index (κ2) is 8.00. The van der Waals surface area contributed by atoms with Crippen LogP contribution in [0.4, 0.5) is 0 Å². The largest absolute Gasteiger partial charge is 0.507 e. The fraction of sp³-hybridized carbons (Fsp3) is 0.409. The molecule has 6 nitrogen and oxygen atoms in total. The first kappa shape index (κ1) is 18.5. The van der Waals surface area contributed by atoms with E-state index in [1.165, 1.54) is 25.3 Å². The lowest BCUT2D eigenvalue weighted by Crippen LogP contribution is -2.26. The number of carbonyl (C=O) groups is 1. The van der Waals surface area contributed by atoms with Crippen molar-refractivity contribution in [3.63, 3.8) is 0 Å². The maximum Gasteiger partial charge on any atom is 0.243 e. The summed E-state index contributed by atoms with van der Waals surface area (Å²) in [6.07, 6.45) is 9.56. The maximum absolute atomic E-state index is 11.3. The van der Waals surface area contributed by atoms with E-state index in [-0.39, 0.29) is 17.8 Å². The maximum atomic E-state index is 11.3. The number of phenols is 1. The molecule has 2 fully saturated rings. The van der Waals surface area contributed by atoms with Gasteiger partial charge in [0.1, 0.15) is 11.9 Å². The predicted molar refractivity (Wildman–Crippen MR) is 107 cm³/mol. The molecule has 2 aliphatic rings. The number of fused-ring (bicyclic) bond motifs is 2. The number of aromatic hydroxyl groups is 1. The van der Waals surface area contributed by atoms with E-state index in [9.17, 15) is 9.90 Å². The number of likely N-dealkylation sites (N-methyl/N-ethyl adjacent to an activating group) is 1. The zero-order valence-corrected chi connectivity index (χ0v) is 16.0. The molecule has 0 aliphatic heterocycles. The highest BCUT2D eigenvalue weighted by Gasteiger charge is 2.35. The van der Waals surface area contributed by atoms with Crippen molar-refractivity contribution in [2.75, 3.05) is 7.05 Å². The second-order valence-corrected chi connectivity index (χ2v) is 7.74. The monoisotopic (exact) mass is 379 g/mol. The summed E-state index contributed by atoms with van der Waals surface area (Å²) in [5, 5.41) is 21.3. The third-order valence-corrected chi connectivity index (χ3v) is 5.74. The average Bonchev–Trinajstić information content (AvgIpc) is 3.05. The molecule has 0 spiro atoms. The van der Waals surface area contributed by atoms with Gasteiger partial charge in [-0.05, 0) is 60.9 Å². The third-order valence-electron chi connectivity index (χ3n) is 5.74. The number of nitrogens with zero attached hydrogens (tertiary/aromatic N) is 2. The van der Waals surface area contributed by atoms with Gasteiger partial charge in [0, 0.05) is 24.8 Å². The molecule has 146 valence electrons. The average molecular weight is 379 g/mol. The number of aromatic nitrogens is 2. The van der Waals surface area contributed by atoms with Crippen molar-refractivity contribution in [2.24, 2.45) is 11.8 Å². The summed E-state index contributed by atoms with van der Waals surface area (Å²) >= 11 is 0. The summed E-state index contributed by atoms with van der Waals surface area (Å²) in [6, 6.07) is 8.81. The Morgan fingerprint density at radius 2 is 1.93 bits per heavy atom. The number of rotatable bonds is 5. The van der Waals surface area contributed by atoms with Gasteiger partial charge in [0.2, 0.25) is 11.8 Å². The van der Waals surface area contributed by atoms with Crippen LogP contribution in [0.2, 0.25) is 0 Å². The van der Waals surface area contributed by atoms with Crippen LogP contribution in [-0.4, -0.2) is 34.4 Å². The number of benzene rings is 1. The van der Waals surface area contributed by atoms with Gasteiger partial charge >= 0.3 is 0 Å². The fourth-order valence-electron chi connectivity index (χ4n) is 4.36. The first-order valence-electron chi connectivity index (χ1n) is 9.84. The van der Waals surface area contributed by atoms with E-state index >= 15 is 0 Å². The summed E-state index contributed by atoms with van der Waals surface area (Å²) in [4.78, 5) is 11.3. The minimum Gasteiger partial charge on any atom is -0.507 e. The molecule has 6 heteroatoms. The molecule has 2 aliphatic carbocycles. The normalized spacial score (nSPS) is 23.7. The molecule has 4 rings (SSSR count). The number of ether oxygens (including phenoxy) is 1. The van der Waals surface area contributed by atoms with Crippen LogP contribution in [0.15, 0.2) is 36.4 Å². The Hall–Kier alpha value is -2.89. The van der Waals surface area contributed by atoms with Crippen molar-refractivity contribution in [3.8, 4) is 22.9 Å². The summed E-state index contributed by atoms with van der Waals surface area (Å²) in [6.45, 7) is 0. The quantitative estimate of drug-likeness (QED) is 0.776. The molecular weight excluding hydrogens is 354 g/mol. The summed E-state index contributed by atoms with van der Waals surface area (Å²) in [5.74, 6) is 2.05. The highest BCUT2D eigenvalue weighted by molar-refractivity contribution is 5.91. The molecule has 1 aromatic heterocycles. The van der Waals surface area contributed by atoms with E-state index in [0.29, 0.717) is 17.1 Å². The van der Waals surface area contributed by atoms with Gasteiger partial charge in [-0.1, -0.05) is 18.9 Å². The number of carbonyl (C=O) groups excluding carboxylic acids is 1. The molecule has 28 heavy (non-hydrogen) atoms. The zero-order chi connectivity index (χ0) is 19.5. The molecule has 3 atom stereocenters. The number of phenolic OH excluding ortho intramolecular Hbond substituents is 1. The number of nitrogens with one attached hydrogen (secondary N) is 1. The zero-order valence-electron chi connectivity index (χ0n) is 16.0. The highest BCUT2D eigenvalue weighted by Crippen LogP contribution is 2.43. The van der Waals surface area contributed by atoms with Crippen LogP contribution in [0, 0.1) is 11.8 Å². The first-order chi connectivity index (χ1) is 13.6. The first-order valence-corrected chi connectivity index (χ1v) is 9.84. The van der Waals surface area contributed by atoms with Gasteiger partial charge in [-0.25, -0.2) is 0 Å². The molecule has 2 aromatic rings. The van der Waals surface area contributed by atoms with Crippen LogP contribution >= 0.6 is 0 Å². The van der Waals surface area contributed by atoms with Gasteiger partial charge in [0.15, 0.2) is 0 Å². The molecular formula is C22H25N3O3. The third kappa shape index (κ3) is 4.16. The predicted octanol–water partition coefficient (Wildman–Crippen LogP) is 3.57. The standard InChI is InChI=1S/C22H25N3O3/c1-23-21(27)8-5-14-4-6-18(20(26)13-14)19-7-9-22(25-24-19)28-17-11-15-2-3-16(10-15)12-17/h4-9,13,15-17,26H,2-3,10-12H2,1H3,(H,23,27)/b8-5+/t15-,16+,17+. The lowest BCUT2D eigenvalue weighted by atomic mass is 9.87. The van der Waals surface area contributed by atoms with Gasteiger partial charge in [0.25, 0.3) is 0 Å². The van der Waals surface area contributed by atoms with E-state index in [1.807, 2.05) is 18.2 Å². The van der Waals surface area contributed by atoms with Crippen LogP contribution in [0.25, 0.3) is 17.3 Å². The Morgan fingerprint density at radius 1 is 1.14 bits per heavy atom. The van der Waals surface area contributed by atoms with Crippen LogP contribution in [0.3, 0.4) is 0 Å². The van der Waals surface area contributed by atoms with E-state index in [4.69, 9.17) is 4.74 Å². The SMILES string of the molecule is CNC(=O)/C=C/c1ccc(-c2ccc(O[C@H]3C[C@@H]4CC[C@@H](C4)C3)nn2)c(O)c1. The van der Waals surface area contributed by atoms with Gasteiger partial charge < -0.3 is 15.2 Å². The van der Waals surface area contributed by atoms with Gasteiger partial charge in [-0.15, -0.1) is 10.2 Å². The fourth-order valence-corrected chi connectivity index (χ4v) is 4.36. The van der Waals surface area contributed by atoms with Crippen LogP contribution in [0.5, 0.6) is 11.6 Å². The van der Waals surface area contributed by atoms with Gasteiger partial charge in [-0.3, -0.25) is 4.79 Å². The van der Waals surface area contributed by atoms with Crippen molar-refractivity contribution >= 4 is 12.0 Å². The Morgan fingerprint density at radius 3 is 2.57 bits per heavy atom. The molecule has 2 saturated carbocycles. The summed E-state index contributed by atoms with van der Waals surface area (Å²) in [5.41, 5.74) is 1.90. The van der Waals surface area contributed by atoms with Crippen molar-refractivity contribution < 1.29 is 14.6 Å². The van der Waals surface area contributed by atoms with E-state index < -0.39 is 0 Å². The van der Waals surface area contributed by atoms with Crippen LogP contribution < -0.4 is 10.1 Å². The van der Waals surface area contributed by atoms with Crippen molar-refractivity contribution in [3.05, 3.63) is 42.0 Å². The highest BCUT2D eigenvalue weighted by atomic mass is 16.5. The molecule has 1 aromatic carbocycles. The molecule has 1 amide bonds. The van der Waals surface area contributed by atoms with Crippen LogP contribution in [-0.2, 0) is 4.79 Å². The Kier molecular flexibility index (Phi) is 5.28. The van der Waals surface area contributed by atoms with Gasteiger partial charge in [-0.2, -0.15) is 0 Å². The summed E-state index contributed by atoms with van der Waals surface area (Å²) in [7, 11) is 1.57. The second-order valence-electron chi connectivity index (χ2n) is 7.74. The molecule has 0 radical (unpaired) electrons. The van der Waals surface area contributed by atoms with E-state index in [2.05, 4.69) is 15.5 Å². The van der Waals surface area contributed by atoms with E-state index in [0.717, 1.165) is 30.2 Å². The summed E-state index contributed by atoms with van der Waals surface area (Å²) < 4.78 is 6.06. The minimum atomic E-state index is -0.198. The Bertz CT molecular complexity index is 867. The van der Waals surface area contributed by atoms with Crippen LogP contribution in [0.1, 0.15) is 37.7 Å². The number of amides is 1. The molecule has 1 heterocycles.